The number of nitrogens with zero attached hydrogens (tertiary/aromatic N) is 2. The first-order valence-electron chi connectivity index (χ1n) is 12.5. The normalized spacial score (nSPS) is 21.2. The maximum absolute atomic E-state index is 13.4. The van der Waals surface area contributed by atoms with Gasteiger partial charge in [0.15, 0.2) is 0 Å². The summed E-state index contributed by atoms with van der Waals surface area (Å²) in [6.07, 6.45) is 7.00. The molecule has 1 aliphatic carbocycles. The topological polar surface area (TPSA) is 86.8 Å². The van der Waals surface area contributed by atoms with E-state index >= 15 is 0 Å². The van der Waals surface area contributed by atoms with Crippen molar-refractivity contribution in [2.45, 2.75) is 71.4 Å². The molecule has 1 aromatic carbocycles. The van der Waals surface area contributed by atoms with Crippen molar-refractivity contribution >= 4 is 23.6 Å². The van der Waals surface area contributed by atoms with Crippen LogP contribution in [0, 0.1) is 11.8 Å². The van der Waals surface area contributed by atoms with Crippen molar-refractivity contribution in [3.05, 3.63) is 48.0 Å². The predicted molar refractivity (Wildman–Crippen MR) is 131 cm³/mol. The van der Waals surface area contributed by atoms with Gasteiger partial charge in [-0.2, -0.15) is 0 Å². The lowest BCUT2D eigenvalue weighted by Gasteiger charge is -2.32. The molecule has 0 bridgehead atoms. The van der Waals surface area contributed by atoms with Gasteiger partial charge in [-0.05, 0) is 44.6 Å². The average molecular weight is 468 g/mol. The second-order valence-electron chi connectivity index (χ2n) is 9.30. The van der Waals surface area contributed by atoms with E-state index in [1.54, 1.807) is 4.90 Å². The maximum Gasteiger partial charge on any atom is 0.243 e. The number of rotatable bonds is 11. The van der Waals surface area contributed by atoms with Gasteiger partial charge in [-0.15, -0.1) is 0 Å². The molecule has 0 radical (unpaired) electrons. The third kappa shape index (κ3) is 5.93. The molecule has 0 aromatic heterocycles. The van der Waals surface area contributed by atoms with Crippen molar-refractivity contribution in [2.24, 2.45) is 11.8 Å². The number of hydrogen-bond donors (Lipinski definition) is 1. The zero-order valence-corrected chi connectivity index (χ0v) is 20.5. The van der Waals surface area contributed by atoms with Crippen LogP contribution in [0.3, 0.4) is 0 Å². The van der Waals surface area contributed by atoms with Crippen molar-refractivity contribution in [1.82, 2.24) is 15.1 Å². The average Bonchev–Trinajstić information content (AvgIpc) is 3.10. The van der Waals surface area contributed by atoms with Crippen LogP contribution in [0.2, 0.25) is 0 Å². The molecule has 0 saturated carbocycles. The van der Waals surface area contributed by atoms with Gasteiger partial charge in [0.05, 0.1) is 11.8 Å². The first-order valence-corrected chi connectivity index (χ1v) is 12.5. The Balaban J connectivity index is 1.70. The minimum Gasteiger partial charge on any atom is -0.352 e. The Labute approximate surface area is 202 Å². The van der Waals surface area contributed by atoms with Crippen LogP contribution < -0.4 is 5.32 Å². The molecule has 0 spiro atoms. The Kier molecular flexibility index (Phi) is 9.02. The lowest BCUT2D eigenvalue weighted by molar-refractivity contribution is -0.144. The van der Waals surface area contributed by atoms with E-state index < -0.39 is 6.04 Å². The van der Waals surface area contributed by atoms with Crippen LogP contribution in [-0.2, 0) is 25.6 Å². The summed E-state index contributed by atoms with van der Waals surface area (Å²) in [5.41, 5.74) is 1.08. The van der Waals surface area contributed by atoms with Crippen molar-refractivity contribution < 1.29 is 19.2 Å². The van der Waals surface area contributed by atoms with Crippen molar-refractivity contribution in [2.75, 3.05) is 13.1 Å². The number of likely N-dealkylation sites (tertiary alicyclic amines) is 1. The molecule has 7 heteroatoms. The number of nitrogens with one attached hydrogen (secondary N) is 1. The molecule has 34 heavy (non-hydrogen) atoms. The highest BCUT2D eigenvalue weighted by atomic mass is 16.2. The molecule has 7 nitrogen and oxygen atoms in total. The van der Waals surface area contributed by atoms with Crippen molar-refractivity contribution in [3.63, 3.8) is 0 Å². The van der Waals surface area contributed by atoms with E-state index in [4.69, 9.17) is 0 Å². The lowest BCUT2D eigenvalue weighted by Crippen LogP contribution is -2.52. The summed E-state index contributed by atoms with van der Waals surface area (Å²) in [4.78, 5) is 54.8. The molecular weight excluding hydrogens is 430 g/mol. The van der Waals surface area contributed by atoms with E-state index in [0.29, 0.717) is 32.2 Å². The van der Waals surface area contributed by atoms with Gasteiger partial charge in [-0.3, -0.25) is 24.1 Å². The summed E-state index contributed by atoms with van der Waals surface area (Å²) in [6, 6.07) is 9.27. The van der Waals surface area contributed by atoms with Gasteiger partial charge in [0.25, 0.3) is 0 Å². The van der Waals surface area contributed by atoms with Crippen LogP contribution in [0.25, 0.3) is 0 Å². The van der Waals surface area contributed by atoms with Crippen molar-refractivity contribution in [1.29, 1.82) is 0 Å². The Bertz CT molecular complexity index is 888. The van der Waals surface area contributed by atoms with E-state index in [9.17, 15) is 19.2 Å². The van der Waals surface area contributed by atoms with Gasteiger partial charge in [0.2, 0.25) is 23.6 Å². The number of hydrogen-bond acceptors (Lipinski definition) is 4. The van der Waals surface area contributed by atoms with E-state index in [0.717, 1.165) is 12.0 Å². The summed E-state index contributed by atoms with van der Waals surface area (Å²) in [6.45, 7) is 6.30. The largest absolute Gasteiger partial charge is 0.352 e. The van der Waals surface area contributed by atoms with Gasteiger partial charge in [0, 0.05) is 25.6 Å². The first kappa shape index (κ1) is 25.7. The molecule has 3 rings (SSSR count). The smallest absolute Gasteiger partial charge is 0.243 e. The van der Waals surface area contributed by atoms with Gasteiger partial charge in [-0.25, -0.2) is 0 Å². The molecule has 1 aromatic rings. The number of carbonyl (C=O) groups excluding carboxylic acids is 4. The predicted octanol–water partition coefficient (Wildman–Crippen LogP) is 3.09. The highest BCUT2D eigenvalue weighted by molar-refractivity contribution is 6.05. The Morgan fingerprint density at radius 2 is 1.65 bits per heavy atom. The van der Waals surface area contributed by atoms with Crippen molar-refractivity contribution in [3.8, 4) is 0 Å². The fourth-order valence-corrected chi connectivity index (χ4v) is 4.78. The summed E-state index contributed by atoms with van der Waals surface area (Å²) < 4.78 is 0. The van der Waals surface area contributed by atoms with Gasteiger partial charge in [0.1, 0.15) is 6.04 Å². The number of allylic oxidation sites excluding steroid dienone is 2. The van der Waals surface area contributed by atoms with Gasteiger partial charge in [-0.1, -0.05) is 56.3 Å². The SMILES string of the molecule is CC[C@@H](C)NC(=O)[C@H](CC)N(CCc1ccccc1)C(=O)CCN1C(=O)[C@H]2CC=CC[C@H]2C1=O. The summed E-state index contributed by atoms with van der Waals surface area (Å²) in [5, 5.41) is 3.00. The third-order valence-electron chi connectivity index (χ3n) is 7.02. The lowest BCUT2D eigenvalue weighted by atomic mass is 9.85. The van der Waals surface area contributed by atoms with E-state index in [-0.39, 0.29) is 54.5 Å². The Morgan fingerprint density at radius 1 is 1.03 bits per heavy atom. The van der Waals surface area contributed by atoms with Crippen LogP contribution >= 0.6 is 0 Å². The Hall–Kier alpha value is -2.96. The highest BCUT2D eigenvalue weighted by Crippen LogP contribution is 2.35. The summed E-state index contributed by atoms with van der Waals surface area (Å²) >= 11 is 0. The molecule has 4 amide bonds. The molecule has 184 valence electrons. The molecule has 0 unspecified atom stereocenters. The number of benzene rings is 1. The second kappa shape index (κ2) is 12.0. The molecule has 2 aliphatic rings. The van der Waals surface area contributed by atoms with E-state index in [2.05, 4.69) is 5.32 Å². The summed E-state index contributed by atoms with van der Waals surface area (Å²) in [5.74, 6) is -1.33. The zero-order chi connectivity index (χ0) is 24.7. The van der Waals surface area contributed by atoms with Crippen LogP contribution in [0.4, 0.5) is 0 Å². The van der Waals surface area contributed by atoms with Crippen LogP contribution in [0.15, 0.2) is 42.5 Å². The van der Waals surface area contributed by atoms with Crippen LogP contribution in [0.5, 0.6) is 0 Å². The van der Waals surface area contributed by atoms with Gasteiger partial charge < -0.3 is 10.2 Å². The molecule has 1 heterocycles. The van der Waals surface area contributed by atoms with Crippen LogP contribution in [0.1, 0.15) is 58.4 Å². The van der Waals surface area contributed by atoms with E-state index in [1.165, 1.54) is 4.90 Å². The number of fused-ring (bicyclic) bond motifs is 1. The van der Waals surface area contributed by atoms with Crippen LogP contribution in [-0.4, -0.2) is 58.6 Å². The number of carbonyl (C=O) groups is 4. The molecule has 4 atom stereocenters. The number of amides is 4. The standard InChI is InChI=1S/C27H37N3O4/c1-4-19(3)28-25(32)23(5-2)29(17-15-20-11-7-6-8-12-20)24(31)16-18-30-26(33)21-13-9-10-14-22(21)27(30)34/h6-12,19,21-23H,4-5,13-18H2,1-3H3,(H,28,32)/t19-,21-,22+,23+/m1/s1. The molecule has 1 N–H and O–H groups in total. The first-order chi connectivity index (χ1) is 16.4. The van der Waals surface area contributed by atoms with E-state index in [1.807, 2.05) is 63.3 Å². The second-order valence-corrected chi connectivity index (χ2v) is 9.30. The maximum atomic E-state index is 13.4. The van der Waals surface area contributed by atoms with Gasteiger partial charge >= 0.3 is 0 Å². The third-order valence-corrected chi connectivity index (χ3v) is 7.02. The molecule has 1 fully saturated rings. The number of imide groups is 1. The molecule has 1 aliphatic heterocycles. The monoisotopic (exact) mass is 467 g/mol. The fraction of sp³-hybridized carbons (Fsp3) is 0.556. The fourth-order valence-electron chi connectivity index (χ4n) is 4.78. The Morgan fingerprint density at radius 3 is 2.21 bits per heavy atom. The quantitative estimate of drug-likeness (QED) is 0.400. The molecular formula is C27H37N3O4. The minimum atomic E-state index is -0.595. The minimum absolute atomic E-state index is 0.0180. The molecule has 1 saturated heterocycles. The highest BCUT2D eigenvalue weighted by Gasteiger charge is 2.47. The summed E-state index contributed by atoms with van der Waals surface area (Å²) in [7, 11) is 0. The zero-order valence-electron chi connectivity index (χ0n) is 20.5.